The third-order valence-corrected chi connectivity index (χ3v) is 4.21. The number of benzene rings is 1. The van der Waals surface area contributed by atoms with Gasteiger partial charge in [-0.1, -0.05) is 34.1 Å². The highest BCUT2D eigenvalue weighted by molar-refractivity contribution is 9.10. The van der Waals surface area contributed by atoms with Gasteiger partial charge in [0, 0.05) is 23.1 Å². The van der Waals surface area contributed by atoms with Crippen LogP contribution in [0.5, 0.6) is 0 Å². The molecule has 88 valence electrons. The minimum Gasteiger partial charge on any atom is -0.329 e. The molecular weight excluding hydrogens is 264 g/mol. The Balaban J connectivity index is 2.25. The van der Waals surface area contributed by atoms with Crippen LogP contribution < -0.4 is 5.73 Å². The van der Waals surface area contributed by atoms with Crippen LogP contribution in [0, 0.1) is 0 Å². The maximum atomic E-state index is 5.95. The van der Waals surface area contributed by atoms with Gasteiger partial charge in [-0.25, -0.2) is 0 Å². The standard InChI is InChI=1S/C13H19BrN2/c1-10-5-4-8-16(10)13(9-15)11-6-2-3-7-12(11)14/h2-3,6-7,10,13H,4-5,8-9,15H2,1H3. The Hall–Kier alpha value is -0.380. The van der Waals surface area contributed by atoms with Crippen LogP contribution in [0.4, 0.5) is 0 Å². The number of rotatable bonds is 3. The zero-order valence-corrected chi connectivity index (χ0v) is 11.3. The third kappa shape index (κ3) is 2.31. The number of hydrogen-bond donors (Lipinski definition) is 1. The molecule has 2 rings (SSSR count). The van der Waals surface area contributed by atoms with Gasteiger partial charge in [-0.15, -0.1) is 0 Å². The summed E-state index contributed by atoms with van der Waals surface area (Å²) in [6, 6.07) is 9.41. The van der Waals surface area contributed by atoms with Crippen molar-refractivity contribution < 1.29 is 0 Å². The van der Waals surface area contributed by atoms with Crippen LogP contribution in [-0.4, -0.2) is 24.0 Å². The molecule has 2 nitrogen and oxygen atoms in total. The van der Waals surface area contributed by atoms with Crippen molar-refractivity contribution >= 4 is 15.9 Å². The molecule has 0 radical (unpaired) electrons. The Morgan fingerprint density at radius 3 is 2.81 bits per heavy atom. The normalized spacial score (nSPS) is 23.6. The molecule has 16 heavy (non-hydrogen) atoms. The Morgan fingerprint density at radius 2 is 2.25 bits per heavy atom. The number of halogens is 1. The molecule has 0 bridgehead atoms. The van der Waals surface area contributed by atoms with Gasteiger partial charge in [0.15, 0.2) is 0 Å². The molecule has 2 atom stereocenters. The largest absolute Gasteiger partial charge is 0.329 e. The average molecular weight is 283 g/mol. The molecule has 2 unspecified atom stereocenters. The zero-order chi connectivity index (χ0) is 11.5. The van der Waals surface area contributed by atoms with Crippen molar-refractivity contribution in [2.75, 3.05) is 13.1 Å². The molecule has 2 N–H and O–H groups in total. The highest BCUT2D eigenvalue weighted by Gasteiger charge is 2.28. The molecular formula is C13H19BrN2. The van der Waals surface area contributed by atoms with E-state index in [0.717, 1.165) is 0 Å². The van der Waals surface area contributed by atoms with Crippen molar-refractivity contribution in [3.8, 4) is 0 Å². The van der Waals surface area contributed by atoms with E-state index in [0.29, 0.717) is 18.6 Å². The SMILES string of the molecule is CC1CCCN1C(CN)c1ccccc1Br. The first-order valence-corrected chi connectivity index (χ1v) is 6.73. The summed E-state index contributed by atoms with van der Waals surface area (Å²) in [5.41, 5.74) is 7.27. The lowest BCUT2D eigenvalue weighted by molar-refractivity contribution is 0.195. The van der Waals surface area contributed by atoms with Gasteiger partial charge in [-0.3, -0.25) is 4.90 Å². The van der Waals surface area contributed by atoms with Gasteiger partial charge in [0.05, 0.1) is 0 Å². The molecule has 0 amide bonds. The van der Waals surface area contributed by atoms with Crippen LogP contribution in [0.2, 0.25) is 0 Å². The van der Waals surface area contributed by atoms with Crippen LogP contribution in [0.1, 0.15) is 31.4 Å². The Bertz CT molecular complexity index is 354. The smallest absolute Gasteiger partial charge is 0.0484 e. The van der Waals surface area contributed by atoms with Gasteiger partial charge in [0.2, 0.25) is 0 Å². The molecule has 1 fully saturated rings. The highest BCUT2D eigenvalue weighted by atomic mass is 79.9. The molecule has 1 aliphatic heterocycles. The van der Waals surface area contributed by atoms with Crippen molar-refractivity contribution in [2.24, 2.45) is 5.73 Å². The minimum absolute atomic E-state index is 0.355. The lowest BCUT2D eigenvalue weighted by Crippen LogP contribution is -2.36. The second kappa shape index (κ2) is 5.30. The van der Waals surface area contributed by atoms with E-state index in [1.807, 2.05) is 0 Å². The van der Waals surface area contributed by atoms with Gasteiger partial charge in [-0.05, 0) is 37.9 Å². The lowest BCUT2D eigenvalue weighted by atomic mass is 10.0. The first kappa shape index (κ1) is 12.1. The maximum absolute atomic E-state index is 5.95. The van der Waals surface area contributed by atoms with Crippen molar-refractivity contribution in [1.29, 1.82) is 0 Å². The maximum Gasteiger partial charge on any atom is 0.0484 e. The number of hydrogen-bond acceptors (Lipinski definition) is 2. The van der Waals surface area contributed by atoms with E-state index in [9.17, 15) is 0 Å². The topological polar surface area (TPSA) is 29.3 Å². The second-order valence-electron chi connectivity index (χ2n) is 4.50. The van der Waals surface area contributed by atoms with Gasteiger partial charge in [-0.2, -0.15) is 0 Å². The van der Waals surface area contributed by atoms with Crippen LogP contribution in [0.3, 0.4) is 0 Å². The van der Waals surface area contributed by atoms with Crippen molar-refractivity contribution in [2.45, 2.75) is 31.8 Å². The molecule has 1 aliphatic rings. The molecule has 0 aliphatic carbocycles. The van der Waals surface area contributed by atoms with E-state index in [2.05, 4.69) is 52.0 Å². The zero-order valence-electron chi connectivity index (χ0n) is 9.70. The Morgan fingerprint density at radius 1 is 1.50 bits per heavy atom. The Kier molecular flexibility index (Phi) is 4.00. The molecule has 3 heteroatoms. The fraction of sp³-hybridized carbons (Fsp3) is 0.538. The van der Waals surface area contributed by atoms with E-state index >= 15 is 0 Å². The summed E-state index contributed by atoms with van der Waals surface area (Å²) in [6.07, 6.45) is 2.59. The molecule has 0 saturated carbocycles. The lowest BCUT2D eigenvalue weighted by Gasteiger charge is -2.31. The molecule has 1 aromatic carbocycles. The fourth-order valence-electron chi connectivity index (χ4n) is 2.60. The molecule has 1 heterocycles. The third-order valence-electron chi connectivity index (χ3n) is 3.49. The summed E-state index contributed by atoms with van der Waals surface area (Å²) in [4.78, 5) is 2.53. The number of likely N-dealkylation sites (tertiary alicyclic amines) is 1. The van der Waals surface area contributed by atoms with Crippen LogP contribution in [-0.2, 0) is 0 Å². The fourth-order valence-corrected chi connectivity index (χ4v) is 3.15. The molecule has 0 aromatic heterocycles. The predicted octanol–water partition coefficient (Wildman–Crippen LogP) is 2.93. The van der Waals surface area contributed by atoms with E-state index in [-0.39, 0.29) is 0 Å². The summed E-state index contributed by atoms with van der Waals surface area (Å²) < 4.78 is 1.17. The number of nitrogens with zero attached hydrogens (tertiary/aromatic N) is 1. The highest BCUT2D eigenvalue weighted by Crippen LogP contribution is 2.32. The first-order chi connectivity index (χ1) is 7.74. The van der Waals surface area contributed by atoms with Crippen LogP contribution >= 0.6 is 15.9 Å². The van der Waals surface area contributed by atoms with E-state index in [1.165, 1.54) is 29.4 Å². The first-order valence-electron chi connectivity index (χ1n) is 5.94. The summed E-state index contributed by atoms with van der Waals surface area (Å²) in [5, 5.41) is 0. The molecule has 1 saturated heterocycles. The molecule has 0 spiro atoms. The summed E-state index contributed by atoms with van der Waals surface area (Å²) in [5.74, 6) is 0. The van der Waals surface area contributed by atoms with Gasteiger partial charge in [0.1, 0.15) is 0 Å². The van der Waals surface area contributed by atoms with E-state index in [4.69, 9.17) is 5.73 Å². The molecule has 1 aromatic rings. The van der Waals surface area contributed by atoms with E-state index < -0.39 is 0 Å². The second-order valence-corrected chi connectivity index (χ2v) is 5.36. The van der Waals surface area contributed by atoms with Crippen LogP contribution in [0.15, 0.2) is 28.7 Å². The van der Waals surface area contributed by atoms with E-state index in [1.54, 1.807) is 0 Å². The quantitative estimate of drug-likeness (QED) is 0.924. The average Bonchev–Trinajstić information content (AvgIpc) is 2.69. The van der Waals surface area contributed by atoms with Crippen molar-refractivity contribution in [3.63, 3.8) is 0 Å². The van der Waals surface area contributed by atoms with Gasteiger partial charge in [0.25, 0.3) is 0 Å². The summed E-state index contributed by atoms with van der Waals surface area (Å²) in [7, 11) is 0. The summed E-state index contributed by atoms with van der Waals surface area (Å²) in [6.45, 7) is 4.16. The number of nitrogens with two attached hydrogens (primary N) is 1. The predicted molar refractivity (Wildman–Crippen MR) is 71.3 cm³/mol. The minimum atomic E-state index is 0.355. The van der Waals surface area contributed by atoms with Gasteiger partial charge >= 0.3 is 0 Å². The van der Waals surface area contributed by atoms with Crippen molar-refractivity contribution in [3.05, 3.63) is 34.3 Å². The van der Waals surface area contributed by atoms with Gasteiger partial charge < -0.3 is 5.73 Å². The summed E-state index contributed by atoms with van der Waals surface area (Å²) >= 11 is 3.62. The van der Waals surface area contributed by atoms with Crippen molar-refractivity contribution in [1.82, 2.24) is 4.90 Å². The Labute approximate surface area is 106 Å². The monoisotopic (exact) mass is 282 g/mol. The van der Waals surface area contributed by atoms with Crippen LogP contribution in [0.25, 0.3) is 0 Å².